The maximum Gasteiger partial charge on any atom is 0.165 e. The Bertz CT molecular complexity index is 6360. The molecular weight excluding hydrogens is 1290 g/mol. The highest BCUT2D eigenvalue weighted by Gasteiger charge is 2.24. The first-order chi connectivity index (χ1) is 52.5. The average molecular weight is 1350 g/mol. The molecule has 2 heterocycles. The van der Waals surface area contributed by atoms with E-state index in [0.717, 1.165) is 143 Å². The quantitative estimate of drug-likeness (QED) is 0.101. The Kier molecular flexibility index (Phi) is 16.2. The Morgan fingerprint density at radius 3 is 0.519 bits per heavy atom. The molecule has 17 aromatic carbocycles. The Hall–Kier alpha value is -14.2. The molecule has 0 saturated heterocycles. The van der Waals surface area contributed by atoms with Crippen molar-refractivity contribution < 1.29 is 0 Å². The van der Waals surface area contributed by atoms with Crippen LogP contribution in [-0.4, -0.2) is 29.9 Å². The SMILES string of the molecule is c1ccc(-c2ccc(-c3nc(-c4ccc(-c5ccc(-c6cccc(-c7ccc(-c8nc(-c9ccc(-c%10ccccc%10)cc9)nc(-c9c%10ccccc%10c(-c%10ccc(-c%11ccccc%11)cc%10)c%10ccccc9%10)n8)cc7)c6)cc5)cc4)nc(-c4c5ccccc5c(-c5ccccc5)c5ccccc45)n3)cc2)cc1. The predicted molar refractivity (Wildman–Crippen MR) is 439 cm³/mol. The minimum Gasteiger partial charge on any atom is -0.208 e. The number of nitrogens with zero attached hydrogens (tertiary/aromatic N) is 6. The maximum absolute atomic E-state index is 5.45. The summed E-state index contributed by atoms with van der Waals surface area (Å²) in [5.74, 6) is 3.62. The summed E-state index contributed by atoms with van der Waals surface area (Å²) in [6.45, 7) is 0. The summed E-state index contributed by atoms with van der Waals surface area (Å²) in [6, 6.07) is 138. The number of hydrogen-bond acceptors (Lipinski definition) is 6. The number of hydrogen-bond donors (Lipinski definition) is 0. The molecule has 0 spiro atoms. The molecule has 0 aliphatic heterocycles. The molecule has 2 aromatic heterocycles. The van der Waals surface area contributed by atoms with Gasteiger partial charge in [0.1, 0.15) is 0 Å². The molecule has 494 valence electrons. The lowest BCUT2D eigenvalue weighted by atomic mass is 9.87. The van der Waals surface area contributed by atoms with E-state index in [0.29, 0.717) is 34.9 Å². The second-order valence-corrected chi connectivity index (χ2v) is 26.8. The van der Waals surface area contributed by atoms with Crippen LogP contribution < -0.4 is 0 Å². The maximum atomic E-state index is 5.45. The van der Waals surface area contributed by atoms with Crippen molar-refractivity contribution in [1.29, 1.82) is 0 Å². The van der Waals surface area contributed by atoms with Gasteiger partial charge in [0.2, 0.25) is 0 Å². The van der Waals surface area contributed by atoms with Crippen LogP contribution in [0.3, 0.4) is 0 Å². The second kappa shape index (κ2) is 27.3. The molecular formula is C100H64N6. The molecule has 6 nitrogen and oxygen atoms in total. The monoisotopic (exact) mass is 1350 g/mol. The fourth-order valence-electron chi connectivity index (χ4n) is 15.2. The summed E-state index contributed by atoms with van der Waals surface area (Å²) in [7, 11) is 0. The predicted octanol–water partition coefficient (Wildman–Crippen LogP) is 26.0. The van der Waals surface area contributed by atoms with Crippen molar-refractivity contribution in [3.63, 3.8) is 0 Å². The summed E-state index contributed by atoms with van der Waals surface area (Å²) in [6.07, 6.45) is 0. The van der Waals surface area contributed by atoms with Crippen LogP contribution in [0.25, 0.3) is 200 Å². The minimum atomic E-state index is 0.592. The summed E-state index contributed by atoms with van der Waals surface area (Å²) in [5, 5.41) is 8.82. The third-order valence-corrected chi connectivity index (χ3v) is 20.5. The highest BCUT2D eigenvalue weighted by molar-refractivity contribution is 6.22. The van der Waals surface area contributed by atoms with Crippen LogP contribution in [0, 0.1) is 0 Å². The highest BCUT2D eigenvalue weighted by atomic mass is 15.0. The van der Waals surface area contributed by atoms with Gasteiger partial charge < -0.3 is 0 Å². The second-order valence-electron chi connectivity index (χ2n) is 26.8. The Labute approximate surface area is 614 Å². The van der Waals surface area contributed by atoms with Gasteiger partial charge in [-0.25, -0.2) is 29.9 Å². The molecule has 0 unspecified atom stereocenters. The molecule has 0 saturated carbocycles. The topological polar surface area (TPSA) is 77.3 Å². The van der Waals surface area contributed by atoms with Crippen LogP contribution in [0.5, 0.6) is 0 Å². The van der Waals surface area contributed by atoms with Gasteiger partial charge in [0.05, 0.1) is 0 Å². The van der Waals surface area contributed by atoms with Gasteiger partial charge in [-0.15, -0.1) is 0 Å². The van der Waals surface area contributed by atoms with Crippen LogP contribution >= 0.6 is 0 Å². The zero-order valence-corrected chi connectivity index (χ0v) is 57.6. The number of rotatable bonds is 14. The van der Waals surface area contributed by atoms with Crippen molar-refractivity contribution in [1.82, 2.24) is 29.9 Å². The van der Waals surface area contributed by atoms with Gasteiger partial charge in [0.15, 0.2) is 34.9 Å². The first-order valence-corrected chi connectivity index (χ1v) is 35.9. The molecule has 0 atom stereocenters. The smallest absolute Gasteiger partial charge is 0.165 e. The van der Waals surface area contributed by atoms with Gasteiger partial charge in [-0.2, -0.15) is 0 Å². The molecule has 0 N–H and O–H groups in total. The molecule has 6 heteroatoms. The van der Waals surface area contributed by atoms with Gasteiger partial charge in [-0.05, 0) is 138 Å². The molecule has 0 aliphatic rings. The Morgan fingerprint density at radius 1 is 0.104 bits per heavy atom. The number of fused-ring (bicyclic) bond motifs is 4. The van der Waals surface area contributed by atoms with Gasteiger partial charge in [-0.3, -0.25) is 0 Å². The van der Waals surface area contributed by atoms with E-state index in [-0.39, 0.29) is 0 Å². The molecule has 0 bridgehead atoms. The largest absolute Gasteiger partial charge is 0.208 e. The van der Waals surface area contributed by atoms with E-state index >= 15 is 0 Å². The fraction of sp³-hybridized carbons (Fsp3) is 0. The third kappa shape index (κ3) is 11.9. The van der Waals surface area contributed by atoms with Gasteiger partial charge in [-0.1, -0.05) is 382 Å². The van der Waals surface area contributed by atoms with Crippen LogP contribution in [-0.2, 0) is 0 Å². The summed E-state index contributed by atoms with van der Waals surface area (Å²) < 4.78 is 0. The van der Waals surface area contributed by atoms with Crippen molar-refractivity contribution in [3.8, 4) is 157 Å². The standard InChI is InChI=1S/C100H64N6/c1-5-22-65(23-6-1)68-44-54-76(55-45-68)92-85-34-15-19-38-89(85)94(90-39-20-16-35-86(90)92)100-104-96(78-58-48-70(49-59-78)67-26-9-3-10-27-67)102-98(106-100)80-62-52-74(53-63-80)82-31-21-30-81(64-82)73-42-40-71(41-43-73)72-50-60-79(61-51-72)97-101-95(77-56-46-69(47-57-77)66-24-7-2-8-25-66)103-99(105-97)93-87-36-17-13-32-83(87)91(75-28-11-4-12-29-75)84-33-14-18-37-88(84)93/h1-64H. The lowest BCUT2D eigenvalue weighted by Gasteiger charge is -2.18. The molecule has 106 heavy (non-hydrogen) atoms. The van der Waals surface area contributed by atoms with Gasteiger partial charge in [0, 0.05) is 33.4 Å². The molecule has 19 rings (SSSR count). The minimum absolute atomic E-state index is 0.592. The van der Waals surface area contributed by atoms with E-state index < -0.39 is 0 Å². The molecule has 0 radical (unpaired) electrons. The fourth-order valence-corrected chi connectivity index (χ4v) is 15.2. The van der Waals surface area contributed by atoms with Crippen LogP contribution in [0.2, 0.25) is 0 Å². The van der Waals surface area contributed by atoms with E-state index in [1.165, 1.54) is 22.3 Å². The van der Waals surface area contributed by atoms with Crippen molar-refractivity contribution in [3.05, 3.63) is 388 Å². The zero-order valence-electron chi connectivity index (χ0n) is 57.6. The van der Waals surface area contributed by atoms with E-state index in [1.54, 1.807) is 0 Å². The average Bonchev–Trinajstić information content (AvgIpc) is 0.737. The van der Waals surface area contributed by atoms with Crippen molar-refractivity contribution in [2.24, 2.45) is 0 Å². The van der Waals surface area contributed by atoms with E-state index in [2.05, 4.69) is 376 Å². The van der Waals surface area contributed by atoms with E-state index in [9.17, 15) is 0 Å². The summed E-state index contributed by atoms with van der Waals surface area (Å²) >= 11 is 0. The molecule has 0 aliphatic carbocycles. The lowest BCUT2D eigenvalue weighted by Crippen LogP contribution is -2.01. The zero-order chi connectivity index (χ0) is 70.3. The lowest BCUT2D eigenvalue weighted by molar-refractivity contribution is 1.08. The van der Waals surface area contributed by atoms with E-state index in [1.807, 2.05) is 12.1 Å². The van der Waals surface area contributed by atoms with Gasteiger partial charge >= 0.3 is 0 Å². The number of aromatic nitrogens is 6. The van der Waals surface area contributed by atoms with Crippen molar-refractivity contribution >= 4 is 43.1 Å². The van der Waals surface area contributed by atoms with Crippen LogP contribution in [0.15, 0.2) is 388 Å². The Balaban J connectivity index is 0.636. The Morgan fingerprint density at radius 2 is 0.264 bits per heavy atom. The third-order valence-electron chi connectivity index (χ3n) is 20.5. The molecule has 0 amide bonds. The molecule has 19 aromatic rings. The normalized spacial score (nSPS) is 11.4. The van der Waals surface area contributed by atoms with Crippen LogP contribution in [0.4, 0.5) is 0 Å². The summed E-state index contributed by atoms with van der Waals surface area (Å²) in [4.78, 5) is 32.2. The van der Waals surface area contributed by atoms with Crippen molar-refractivity contribution in [2.45, 2.75) is 0 Å². The first-order valence-electron chi connectivity index (χ1n) is 35.9. The summed E-state index contributed by atoms with van der Waals surface area (Å²) in [5.41, 5.74) is 23.7. The molecule has 0 fully saturated rings. The highest BCUT2D eigenvalue weighted by Crippen LogP contribution is 2.46. The number of benzene rings is 17. The van der Waals surface area contributed by atoms with Crippen LogP contribution in [0.1, 0.15) is 0 Å². The first kappa shape index (κ1) is 62.8. The van der Waals surface area contributed by atoms with Crippen molar-refractivity contribution in [2.75, 3.05) is 0 Å². The van der Waals surface area contributed by atoms with E-state index in [4.69, 9.17) is 29.9 Å². The van der Waals surface area contributed by atoms with Gasteiger partial charge in [0.25, 0.3) is 0 Å².